The van der Waals surface area contributed by atoms with Gasteiger partial charge in [-0.1, -0.05) is 17.7 Å². The molecule has 1 aliphatic rings. The van der Waals surface area contributed by atoms with Gasteiger partial charge in [-0.3, -0.25) is 9.59 Å². The number of aromatic amines is 1. The van der Waals surface area contributed by atoms with Gasteiger partial charge in [0.15, 0.2) is 0 Å². The lowest BCUT2D eigenvalue weighted by molar-refractivity contribution is -0.130. The SMILES string of the molecule is O=C(NCC(=O)N1CCN(c2ccc(Cl)cc2)CC1)c1cc2c(F)cccc2[nH]1. The molecule has 2 aromatic carbocycles. The number of H-pyrrole nitrogens is 1. The summed E-state index contributed by atoms with van der Waals surface area (Å²) < 4.78 is 13.8. The number of hydrogen-bond acceptors (Lipinski definition) is 3. The Morgan fingerprint density at radius 3 is 2.48 bits per heavy atom. The summed E-state index contributed by atoms with van der Waals surface area (Å²) in [6, 6.07) is 13.7. The molecule has 29 heavy (non-hydrogen) atoms. The summed E-state index contributed by atoms with van der Waals surface area (Å²) in [6.45, 7) is 2.48. The summed E-state index contributed by atoms with van der Waals surface area (Å²) in [5.74, 6) is -0.974. The zero-order valence-corrected chi connectivity index (χ0v) is 16.4. The molecule has 0 spiro atoms. The Morgan fingerprint density at radius 2 is 1.79 bits per heavy atom. The summed E-state index contributed by atoms with van der Waals surface area (Å²) >= 11 is 5.92. The molecular formula is C21H20ClFN4O2. The summed E-state index contributed by atoms with van der Waals surface area (Å²) in [6.07, 6.45) is 0. The molecule has 4 rings (SSSR count). The molecule has 6 nitrogen and oxygen atoms in total. The van der Waals surface area contributed by atoms with Crippen LogP contribution in [0.3, 0.4) is 0 Å². The maximum Gasteiger partial charge on any atom is 0.268 e. The highest BCUT2D eigenvalue weighted by atomic mass is 35.5. The van der Waals surface area contributed by atoms with E-state index in [-0.39, 0.29) is 18.1 Å². The number of anilines is 1. The predicted molar refractivity (Wildman–Crippen MR) is 111 cm³/mol. The van der Waals surface area contributed by atoms with Crippen LogP contribution < -0.4 is 10.2 Å². The van der Waals surface area contributed by atoms with Gasteiger partial charge in [-0.25, -0.2) is 4.39 Å². The van der Waals surface area contributed by atoms with E-state index in [0.717, 1.165) is 5.69 Å². The van der Waals surface area contributed by atoms with E-state index in [4.69, 9.17) is 11.6 Å². The number of carbonyl (C=O) groups excluding carboxylic acids is 2. The second-order valence-corrected chi connectivity index (χ2v) is 7.35. The number of nitrogens with one attached hydrogen (secondary N) is 2. The smallest absolute Gasteiger partial charge is 0.268 e. The Morgan fingerprint density at radius 1 is 1.07 bits per heavy atom. The van der Waals surface area contributed by atoms with E-state index < -0.39 is 11.7 Å². The Labute approximate surface area is 172 Å². The topological polar surface area (TPSA) is 68.4 Å². The molecule has 8 heteroatoms. The third-order valence-corrected chi connectivity index (χ3v) is 5.33. The van der Waals surface area contributed by atoms with Crippen molar-refractivity contribution in [2.45, 2.75) is 0 Å². The first-order chi connectivity index (χ1) is 14.0. The average Bonchev–Trinajstić information content (AvgIpc) is 3.18. The number of amides is 2. The quantitative estimate of drug-likeness (QED) is 0.689. The van der Waals surface area contributed by atoms with Crippen LogP contribution in [0.4, 0.5) is 10.1 Å². The van der Waals surface area contributed by atoms with Crippen molar-refractivity contribution in [2.24, 2.45) is 0 Å². The Bertz CT molecular complexity index is 1040. The molecule has 0 saturated carbocycles. The second kappa shape index (κ2) is 8.13. The van der Waals surface area contributed by atoms with Gasteiger partial charge in [-0.2, -0.15) is 0 Å². The molecule has 2 N–H and O–H groups in total. The number of nitrogens with zero attached hydrogens (tertiary/aromatic N) is 2. The Hall–Kier alpha value is -3.06. The van der Waals surface area contributed by atoms with Crippen LogP contribution in [0.1, 0.15) is 10.5 Å². The standard InChI is InChI=1S/C21H20ClFN4O2/c22-14-4-6-15(7-5-14)26-8-10-27(11-9-26)20(28)13-24-21(29)19-12-16-17(23)2-1-3-18(16)25-19/h1-7,12,25H,8-11,13H2,(H,24,29). The van der Waals surface area contributed by atoms with Crippen LogP contribution in [0, 0.1) is 5.82 Å². The van der Waals surface area contributed by atoms with Gasteiger partial charge >= 0.3 is 0 Å². The molecule has 1 fully saturated rings. The maximum atomic E-state index is 13.8. The van der Waals surface area contributed by atoms with E-state index in [2.05, 4.69) is 15.2 Å². The predicted octanol–water partition coefficient (Wildman–Crippen LogP) is 3.04. The van der Waals surface area contributed by atoms with Crippen molar-refractivity contribution in [1.29, 1.82) is 0 Å². The van der Waals surface area contributed by atoms with Gasteiger partial charge in [0.2, 0.25) is 5.91 Å². The third-order valence-electron chi connectivity index (χ3n) is 5.08. The van der Waals surface area contributed by atoms with Gasteiger partial charge in [0.05, 0.1) is 6.54 Å². The van der Waals surface area contributed by atoms with Crippen molar-refractivity contribution >= 4 is 40.0 Å². The molecule has 0 atom stereocenters. The Kier molecular flexibility index (Phi) is 5.40. The van der Waals surface area contributed by atoms with Crippen LogP contribution in [-0.2, 0) is 4.79 Å². The van der Waals surface area contributed by atoms with Gasteiger partial charge < -0.3 is 20.1 Å². The van der Waals surface area contributed by atoms with E-state index in [1.54, 1.807) is 17.0 Å². The maximum absolute atomic E-state index is 13.8. The zero-order chi connectivity index (χ0) is 20.4. The first kappa shape index (κ1) is 19.3. The average molecular weight is 415 g/mol. The van der Waals surface area contributed by atoms with Crippen LogP contribution in [0.5, 0.6) is 0 Å². The highest BCUT2D eigenvalue weighted by Gasteiger charge is 2.22. The number of aromatic nitrogens is 1. The molecule has 1 aliphatic heterocycles. The van der Waals surface area contributed by atoms with Gasteiger partial charge in [-0.05, 0) is 42.5 Å². The number of piperazine rings is 1. The van der Waals surface area contributed by atoms with Crippen molar-refractivity contribution in [1.82, 2.24) is 15.2 Å². The molecule has 1 saturated heterocycles. The number of hydrogen-bond donors (Lipinski definition) is 2. The van der Waals surface area contributed by atoms with Gasteiger partial charge in [0, 0.05) is 47.8 Å². The lowest BCUT2D eigenvalue weighted by Crippen LogP contribution is -2.51. The molecule has 150 valence electrons. The van der Waals surface area contributed by atoms with E-state index in [9.17, 15) is 14.0 Å². The monoisotopic (exact) mass is 414 g/mol. The van der Waals surface area contributed by atoms with Gasteiger partial charge in [0.1, 0.15) is 11.5 Å². The molecule has 2 heterocycles. The number of carbonyl (C=O) groups is 2. The number of benzene rings is 2. The first-order valence-corrected chi connectivity index (χ1v) is 9.73. The molecule has 0 radical (unpaired) electrons. The fourth-order valence-electron chi connectivity index (χ4n) is 3.47. The second-order valence-electron chi connectivity index (χ2n) is 6.91. The lowest BCUT2D eigenvalue weighted by Gasteiger charge is -2.36. The van der Waals surface area contributed by atoms with Crippen molar-refractivity contribution < 1.29 is 14.0 Å². The van der Waals surface area contributed by atoms with Crippen molar-refractivity contribution in [3.05, 3.63) is 65.1 Å². The largest absolute Gasteiger partial charge is 0.368 e. The van der Waals surface area contributed by atoms with Crippen LogP contribution in [-0.4, -0.2) is 54.4 Å². The van der Waals surface area contributed by atoms with Gasteiger partial charge in [0.25, 0.3) is 5.91 Å². The fraction of sp³-hybridized carbons (Fsp3) is 0.238. The molecule has 0 aliphatic carbocycles. The minimum atomic E-state index is -0.436. The third kappa shape index (κ3) is 4.19. The van der Waals surface area contributed by atoms with Crippen LogP contribution in [0.2, 0.25) is 5.02 Å². The number of halogens is 2. The first-order valence-electron chi connectivity index (χ1n) is 9.35. The number of fused-ring (bicyclic) bond motifs is 1. The van der Waals surface area contributed by atoms with Crippen LogP contribution in [0.25, 0.3) is 10.9 Å². The minimum absolute atomic E-state index is 0.0996. The van der Waals surface area contributed by atoms with E-state index in [1.165, 1.54) is 12.1 Å². The molecule has 0 bridgehead atoms. The molecule has 0 unspecified atom stereocenters. The molecule has 2 amide bonds. The van der Waals surface area contributed by atoms with Gasteiger partial charge in [-0.15, -0.1) is 0 Å². The fourth-order valence-corrected chi connectivity index (χ4v) is 3.60. The molecule has 3 aromatic rings. The lowest BCUT2D eigenvalue weighted by atomic mass is 10.2. The highest BCUT2D eigenvalue weighted by Crippen LogP contribution is 2.20. The minimum Gasteiger partial charge on any atom is -0.368 e. The molecule has 1 aromatic heterocycles. The van der Waals surface area contributed by atoms with Crippen LogP contribution in [0.15, 0.2) is 48.5 Å². The highest BCUT2D eigenvalue weighted by molar-refractivity contribution is 6.30. The van der Waals surface area contributed by atoms with Crippen molar-refractivity contribution in [3.63, 3.8) is 0 Å². The Balaban J connectivity index is 1.30. The van der Waals surface area contributed by atoms with E-state index >= 15 is 0 Å². The van der Waals surface area contributed by atoms with Crippen molar-refractivity contribution in [2.75, 3.05) is 37.6 Å². The summed E-state index contributed by atoms with van der Waals surface area (Å²) in [5, 5.41) is 3.65. The summed E-state index contributed by atoms with van der Waals surface area (Å²) in [4.78, 5) is 31.6. The van der Waals surface area contributed by atoms with Crippen molar-refractivity contribution in [3.8, 4) is 0 Å². The zero-order valence-electron chi connectivity index (χ0n) is 15.6. The number of rotatable bonds is 4. The molecular weight excluding hydrogens is 395 g/mol. The van der Waals surface area contributed by atoms with E-state index in [0.29, 0.717) is 42.1 Å². The van der Waals surface area contributed by atoms with E-state index in [1.807, 2.05) is 24.3 Å². The van der Waals surface area contributed by atoms with Crippen LogP contribution >= 0.6 is 11.6 Å². The summed E-state index contributed by atoms with van der Waals surface area (Å²) in [5.41, 5.74) is 1.84. The normalized spacial score (nSPS) is 14.3. The summed E-state index contributed by atoms with van der Waals surface area (Å²) in [7, 11) is 0.